The molecule has 3 rings (SSSR count). The number of aromatic nitrogens is 3. The van der Waals surface area contributed by atoms with Crippen molar-refractivity contribution in [2.24, 2.45) is 0 Å². The number of amides is 1. The van der Waals surface area contributed by atoms with Crippen LogP contribution in [0.4, 0.5) is 5.69 Å². The van der Waals surface area contributed by atoms with Gasteiger partial charge in [0.2, 0.25) is 5.91 Å². The fourth-order valence-electron chi connectivity index (χ4n) is 2.47. The second-order valence-corrected chi connectivity index (χ2v) is 7.28. The quantitative estimate of drug-likeness (QED) is 0.725. The Bertz CT molecular complexity index is 817. The van der Waals surface area contributed by atoms with Crippen LogP contribution in [0.5, 0.6) is 0 Å². The number of carbonyl (C=O) groups is 1. The number of aromatic amines is 1. The van der Waals surface area contributed by atoms with Gasteiger partial charge in [-0.25, -0.2) is 9.89 Å². The molecule has 0 aliphatic carbocycles. The Morgan fingerprint density at radius 2 is 2.28 bits per heavy atom. The molecule has 10 heteroatoms. The predicted octanol–water partition coefficient (Wildman–Crippen LogP) is 2.79. The second-order valence-electron chi connectivity index (χ2n) is 5.52. The highest BCUT2D eigenvalue weighted by atomic mass is 35.5. The molecule has 134 valence electrons. The summed E-state index contributed by atoms with van der Waals surface area (Å²) in [6.45, 7) is 1.15. The molecule has 2 N–H and O–H groups in total. The summed E-state index contributed by atoms with van der Waals surface area (Å²) >= 11 is 12.9. The van der Waals surface area contributed by atoms with Gasteiger partial charge in [-0.2, -0.15) is 0 Å². The molecule has 0 bridgehead atoms. The first kappa shape index (κ1) is 18.3. The largest absolute Gasteiger partial charge is 0.376 e. The molecule has 1 aliphatic rings. The van der Waals surface area contributed by atoms with Gasteiger partial charge < -0.3 is 10.1 Å². The van der Waals surface area contributed by atoms with E-state index in [1.165, 1.54) is 16.3 Å². The van der Waals surface area contributed by atoms with Crippen molar-refractivity contribution < 1.29 is 9.53 Å². The number of rotatable bonds is 6. The summed E-state index contributed by atoms with van der Waals surface area (Å²) in [5, 5.41) is 10.4. The molecule has 25 heavy (non-hydrogen) atoms. The molecule has 1 aliphatic heterocycles. The maximum Gasteiger partial charge on any atom is 0.344 e. The Morgan fingerprint density at radius 1 is 1.44 bits per heavy atom. The van der Waals surface area contributed by atoms with Gasteiger partial charge in [-0.15, -0.1) is 5.10 Å². The topological polar surface area (TPSA) is 89.0 Å². The van der Waals surface area contributed by atoms with E-state index < -0.39 is 0 Å². The predicted molar refractivity (Wildman–Crippen MR) is 97.6 cm³/mol. The van der Waals surface area contributed by atoms with Crippen molar-refractivity contribution in [2.75, 3.05) is 17.7 Å². The molecular weight excluding hydrogens is 387 g/mol. The number of ether oxygens (including phenoxy) is 1. The van der Waals surface area contributed by atoms with E-state index in [1.54, 1.807) is 18.2 Å². The van der Waals surface area contributed by atoms with Crippen molar-refractivity contribution in [1.82, 2.24) is 14.8 Å². The van der Waals surface area contributed by atoms with Gasteiger partial charge in [0.1, 0.15) is 0 Å². The number of hydrogen-bond donors (Lipinski definition) is 2. The van der Waals surface area contributed by atoms with Crippen molar-refractivity contribution in [3.05, 3.63) is 38.7 Å². The first-order valence-corrected chi connectivity index (χ1v) is 9.41. The lowest BCUT2D eigenvalue weighted by Gasteiger charge is -2.11. The molecule has 2 heterocycles. The molecule has 7 nitrogen and oxygen atoms in total. The molecular formula is C15H16Cl2N4O3S. The third-order valence-corrected chi connectivity index (χ3v) is 5.38. The molecule has 0 spiro atoms. The van der Waals surface area contributed by atoms with Gasteiger partial charge >= 0.3 is 5.69 Å². The van der Waals surface area contributed by atoms with Crippen LogP contribution in [0.15, 0.2) is 28.2 Å². The lowest BCUT2D eigenvalue weighted by molar-refractivity contribution is -0.113. The van der Waals surface area contributed by atoms with Crippen molar-refractivity contribution in [3.8, 4) is 0 Å². The molecule has 1 saturated heterocycles. The monoisotopic (exact) mass is 402 g/mol. The van der Waals surface area contributed by atoms with Gasteiger partial charge in [0.25, 0.3) is 0 Å². The first-order valence-electron chi connectivity index (χ1n) is 7.67. The van der Waals surface area contributed by atoms with E-state index in [-0.39, 0.29) is 23.5 Å². The van der Waals surface area contributed by atoms with Crippen LogP contribution in [0.2, 0.25) is 10.0 Å². The van der Waals surface area contributed by atoms with E-state index in [1.807, 2.05) is 0 Å². The minimum atomic E-state index is -0.303. The molecule has 0 unspecified atom stereocenters. The summed E-state index contributed by atoms with van der Waals surface area (Å²) < 4.78 is 7.06. The highest BCUT2D eigenvalue weighted by molar-refractivity contribution is 7.99. The summed E-state index contributed by atoms with van der Waals surface area (Å²) in [4.78, 5) is 24.0. The number of thioether (sulfide) groups is 1. The van der Waals surface area contributed by atoms with E-state index in [0.29, 0.717) is 34.0 Å². The van der Waals surface area contributed by atoms with Gasteiger partial charge in [-0.05, 0) is 31.0 Å². The van der Waals surface area contributed by atoms with Gasteiger partial charge in [0.05, 0.1) is 28.4 Å². The van der Waals surface area contributed by atoms with E-state index in [4.69, 9.17) is 27.9 Å². The minimum Gasteiger partial charge on any atom is -0.376 e. The lowest BCUT2D eigenvalue weighted by Crippen LogP contribution is -2.25. The Morgan fingerprint density at radius 3 is 3.00 bits per heavy atom. The zero-order chi connectivity index (χ0) is 17.8. The smallest absolute Gasteiger partial charge is 0.344 e. The highest BCUT2D eigenvalue weighted by Crippen LogP contribution is 2.25. The van der Waals surface area contributed by atoms with Crippen LogP contribution in [0.25, 0.3) is 0 Å². The minimum absolute atomic E-state index is 0.0136. The summed E-state index contributed by atoms with van der Waals surface area (Å²) in [5.41, 5.74) is 0.252. The summed E-state index contributed by atoms with van der Waals surface area (Å²) in [6, 6.07) is 4.85. The summed E-state index contributed by atoms with van der Waals surface area (Å²) in [6.07, 6.45) is 1.92. The molecule has 1 fully saturated rings. The SMILES string of the molecule is O=C(CSc1n[nH]c(=O)n1C[C@@H]1CCCO1)Nc1ccc(Cl)c(Cl)c1. The van der Waals surface area contributed by atoms with Crippen molar-refractivity contribution in [1.29, 1.82) is 0 Å². The Labute approximate surface area is 158 Å². The van der Waals surface area contributed by atoms with E-state index in [2.05, 4.69) is 15.5 Å². The molecule has 1 atom stereocenters. The molecule has 0 saturated carbocycles. The average molecular weight is 403 g/mol. The third-order valence-electron chi connectivity index (χ3n) is 3.67. The lowest BCUT2D eigenvalue weighted by atomic mass is 10.2. The number of H-pyrrole nitrogens is 1. The van der Waals surface area contributed by atoms with Gasteiger partial charge in [0.15, 0.2) is 5.16 Å². The number of benzene rings is 1. The van der Waals surface area contributed by atoms with Crippen LogP contribution < -0.4 is 11.0 Å². The fraction of sp³-hybridized carbons (Fsp3) is 0.400. The van der Waals surface area contributed by atoms with Crippen LogP contribution in [0, 0.1) is 0 Å². The number of halogens is 2. The zero-order valence-electron chi connectivity index (χ0n) is 13.1. The Balaban J connectivity index is 1.58. The normalized spacial score (nSPS) is 17.0. The Kier molecular flexibility index (Phi) is 6.06. The first-order chi connectivity index (χ1) is 12.0. The zero-order valence-corrected chi connectivity index (χ0v) is 15.5. The van der Waals surface area contributed by atoms with Crippen LogP contribution in [-0.4, -0.2) is 39.1 Å². The van der Waals surface area contributed by atoms with Crippen molar-refractivity contribution in [3.63, 3.8) is 0 Å². The number of hydrogen-bond acceptors (Lipinski definition) is 5. The number of nitrogens with zero attached hydrogens (tertiary/aromatic N) is 2. The van der Waals surface area contributed by atoms with Crippen molar-refractivity contribution >= 4 is 46.6 Å². The van der Waals surface area contributed by atoms with Crippen LogP contribution >= 0.6 is 35.0 Å². The van der Waals surface area contributed by atoms with Crippen molar-refractivity contribution in [2.45, 2.75) is 30.6 Å². The van der Waals surface area contributed by atoms with E-state index in [0.717, 1.165) is 12.8 Å². The highest BCUT2D eigenvalue weighted by Gasteiger charge is 2.20. The standard InChI is InChI=1S/C15H16Cl2N4O3S/c16-11-4-3-9(6-12(11)17)18-13(22)8-25-15-20-19-14(23)21(15)7-10-2-1-5-24-10/h3-4,6,10H,1-2,5,7-8H2,(H,18,22)(H,19,23)/t10-/m0/s1. The maximum absolute atomic E-state index is 12.1. The van der Waals surface area contributed by atoms with Crippen LogP contribution in [-0.2, 0) is 16.1 Å². The summed E-state index contributed by atoms with van der Waals surface area (Å²) in [5.74, 6) is -0.127. The van der Waals surface area contributed by atoms with Gasteiger partial charge in [-0.3, -0.25) is 9.36 Å². The summed E-state index contributed by atoms with van der Waals surface area (Å²) in [7, 11) is 0. The van der Waals surface area contributed by atoms with Crippen LogP contribution in [0.3, 0.4) is 0 Å². The van der Waals surface area contributed by atoms with Gasteiger partial charge in [0, 0.05) is 12.3 Å². The van der Waals surface area contributed by atoms with E-state index >= 15 is 0 Å². The van der Waals surface area contributed by atoms with Crippen LogP contribution in [0.1, 0.15) is 12.8 Å². The molecule has 2 aromatic rings. The molecule has 1 amide bonds. The third kappa shape index (κ3) is 4.78. The maximum atomic E-state index is 12.1. The number of nitrogens with one attached hydrogen (secondary N) is 2. The Hall–Kier alpha value is -1.48. The second kappa shape index (κ2) is 8.27. The number of carbonyl (C=O) groups excluding carboxylic acids is 1. The molecule has 1 aromatic heterocycles. The number of anilines is 1. The van der Waals surface area contributed by atoms with Gasteiger partial charge in [-0.1, -0.05) is 35.0 Å². The molecule has 1 aromatic carbocycles. The average Bonchev–Trinajstić information content (AvgIpc) is 3.21. The molecule has 0 radical (unpaired) electrons. The fourth-order valence-corrected chi connectivity index (χ4v) is 3.52. The van der Waals surface area contributed by atoms with E-state index in [9.17, 15) is 9.59 Å².